The summed E-state index contributed by atoms with van der Waals surface area (Å²) in [6, 6.07) is 6.20. The quantitative estimate of drug-likeness (QED) is 0.880. The Morgan fingerprint density at radius 1 is 1.32 bits per heavy atom. The molecule has 0 spiro atoms. The van der Waals surface area contributed by atoms with Crippen molar-refractivity contribution in [2.24, 2.45) is 5.92 Å². The van der Waals surface area contributed by atoms with Gasteiger partial charge in [0, 0.05) is 25.3 Å². The van der Waals surface area contributed by atoms with Gasteiger partial charge in [0.15, 0.2) is 0 Å². The number of benzene rings is 1. The summed E-state index contributed by atoms with van der Waals surface area (Å²) in [5.41, 5.74) is 2.79. The van der Waals surface area contributed by atoms with E-state index in [0.29, 0.717) is 5.92 Å². The van der Waals surface area contributed by atoms with E-state index in [9.17, 15) is 4.79 Å². The first-order chi connectivity index (χ1) is 8.88. The zero-order chi connectivity index (χ0) is 14.6. The van der Waals surface area contributed by atoms with E-state index >= 15 is 0 Å². The Kier molecular flexibility index (Phi) is 5.40. The third-order valence-electron chi connectivity index (χ3n) is 3.67. The predicted octanol–water partition coefficient (Wildman–Crippen LogP) is 3.54. The van der Waals surface area contributed by atoms with Gasteiger partial charge in [0.1, 0.15) is 0 Å². The molecule has 0 aliphatic carbocycles. The van der Waals surface area contributed by atoms with Gasteiger partial charge in [0.25, 0.3) is 5.91 Å². The van der Waals surface area contributed by atoms with Crippen LogP contribution in [-0.2, 0) is 0 Å². The van der Waals surface area contributed by atoms with E-state index < -0.39 is 0 Å². The number of amides is 1. The van der Waals surface area contributed by atoms with E-state index in [4.69, 9.17) is 0 Å². The molecular weight excluding hydrogens is 236 g/mol. The van der Waals surface area contributed by atoms with Gasteiger partial charge < -0.3 is 10.2 Å². The molecule has 1 atom stereocenters. The lowest BCUT2D eigenvalue weighted by atomic mass is 10.0. The fourth-order valence-corrected chi connectivity index (χ4v) is 2.00. The lowest BCUT2D eigenvalue weighted by Gasteiger charge is -2.29. The van der Waals surface area contributed by atoms with E-state index in [0.717, 1.165) is 23.4 Å². The van der Waals surface area contributed by atoms with Gasteiger partial charge in [-0.15, -0.1) is 0 Å². The maximum atomic E-state index is 12.6. The average molecular weight is 262 g/mol. The van der Waals surface area contributed by atoms with Crippen LogP contribution in [0, 0.1) is 12.8 Å². The molecule has 0 aliphatic rings. The molecule has 1 unspecified atom stereocenters. The number of aryl methyl sites for hydroxylation is 1. The van der Waals surface area contributed by atoms with Crippen molar-refractivity contribution in [2.75, 3.05) is 18.9 Å². The monoisotopic (exact) mass is 262 g/mol. The molecule has 1 amide bonds. The van der Waals surface area contributed by atoms with E-state index in [2.05, 4.69) is 26.1 Å². The number of carbonyl (C=O) groups is 1. The molecule has 0 saturated carbocycles. The maximum absolute atomic E-state index is 12.6. The second-order valence-electron chi connectivity index (χ2n) is 5.48. The number of anilines is 1. The molecular formula is C16H26N2O. The zero-order valence-corrected chi connectivity index (χ0v) is 12.9. The van der Waals surface area contributed by atoms with Crippen LogP contribution in [0.3, 0.4) is 0 Å². The molecule has 106 valence electrons. The van der Waals surface area contributed by atoms with Gasteiger partial charge >= 0.3 is 0 Å². The number of rotatable bonds is 5. The summed E-state index contributed by atoms with van der Waals surface area (Å²) in [4.78, 5) is 14.5. The van der Waals surface area contributed by atoms with Gasteiger partial charge in [-0.3, -0.25) is 4.79 Å². The first-order valence-electron chi connectivity index (χ1n) is 7.00. The average Bonchev–Trinajstić information content (AvgIpc) is 2.38. The van der Waals surface area contributed by atoms with Crippen molar-refractivity contribution < 1.29 is 4.79 Å². The maximum Gasteiger partial charge on any atom is 0.255 e. The van der Waals surface area contributed by atoms with E-state index in [1.807, 2.05) is 44.0 Å². The molecule has 3 heteroatoms. The van der Waals surface area contributed by atoms with Crippen LogP contribution < -0.4 is 5.32 Å². The van der Waals surface area contributed by atoms with Crippen molar-refractivity contribution in [3.63, 3.8) is 0 Å². The Bertz CT molecular complexity index is 440. The molecule has 0 saturated heterocycles. The van der Waals surface area contributed by atoms with Crippen molar-refractivity contribution in [1.29, 1.82) is 0 Å². The van der Waals surface area contributed by atoms with Crippen molar-refractivity contribution in [1.82, 2.24) is 4.90 Å². The number of nitrogens with one attached hydrogen (secondary N) is 1. The Morgan fingerprint density at radius 2 is 1.95 bits per heavy atom. The summed E-state index contributed by atoms with van der Waals surface area (Å²) in [6.45, 7) is 11.2. The van der Waals surface area contributed by atoms with Gasteiger partial charge in [0.05, 0.1) is 5.56 Å². The highest BCUT2D eigenvalue weighted by molar-refractivity contribution is 5.99. The second-order valence-corrected chi connectivity index (χ2v) is 5.48. The van der Waals surface area contributed by atoms with E-state index in [1.54, 1.807) is 0 Å². The van der Waals surface area contributed by atoms with Crippen LogP contribution in [0.4, 0.5) is 5.69 Å². The Labute approximate surface area is 117 Å². The van der Waals surface area contributed by atoms with Crippen molar-refractivity contribution in [3.8, 4) is 0 Å². The molecule has 19 heavy (non-hydrogen) atoms. The summed E-state index contributed by atoms with van der Waals surface area (Å²) >= 11 is 0. The SMILES string of the molecule is CCNc1ccc(C)cc1C(=O)N(C)C(C)C(C)C. The van der Waals surface area contributed by atoms with Crippen LogP contribution in [0.5, 0.6) is 0 Å². The molecule has 0 fully saturated rings. The van der Waals surface area contributed by atoms with Gasteiger partial charge in [-0.25, -0.2) is 0 Å². The van der Waals surface area contributed by atoms with E-state index in [-0.39, 0.29) is 11.9 Å². The van der Waals surface area contributed by atoms with Gasteiger partial charge in [-0.2, -0.15) is 0 Å². The van der Waals surface area contributed by atoms with E-state index in [1.165, 1.54) is 0 Å². The zero-order valence-electron chi connectivity index (χ0n) is 12.9. The van der Waals surface area contributed by atoms with Crippen LogP contribution in [0.15, 0.2) is 18.2 Å². The number of hydrogen-bond acceptors (Lipinski definition) is 2. The third kappa shape index (κ3) is 3.72. The fraction of sp³-hybridized carbons (Fsp3) is 0.562. The third-order valence-corrected chi connectivity index (χ3v) is 3.67. The molecule has 0 aliphatic heterocycles. The Balaban J connectivity index is 3.07. The van der Waals surface area contributed by atoms with Crippen molar-refractivity contribution >= 4 is 11.6 Å². The lowest BCUT2D eigenvalue weighted by Crippen LogP contribution is -2.38. The number of nitrogens with zero attached hydrogens (tertiary/aromatic N) is 1. The molecule has 0 aromatic heterocycles. The van der Waals surface area contributed by atoms with Crippen molar-refractivity contribution in [2.45, 2.75) is 40.7 Å². The van der Waals surface area contributed by atoms with Crippen LogP contribution in [-0.4, -0.2) is 30.4 Å². The molecule has 0 bridgehead atoms. The van der Waals surface area contributed by atoms with Crippen LogP contribution >= 0.6 is 0 Å². The normalized spacial score (nSPS) is 12.4. The molecule has 1 rings (SSSR count). The molecule has 0 radical (unpaired) electrons. The lowest BCUT2D eigenvalue weighted by molar-refractivity contribution is 0.0708. The number of hydrogen-bond donors (Lipinski definition) is 1. The first kappa shape index (κ1) is 15.5. The highest BCUT2D eigenvalue weighted by Crippen LogP contribution is 2.21. The molecule has 1 aromatic carbocycles. The fourth-order valence-electron chi connectivity index (χ4n) is 2.00. The minimum absolute atomic E-state index is 0.0841. The van der Waals surface area contributed by atoms with Crippen molar-refractivity contribution in [3.05, 3.63) is 29.3 Å². The summed E-state index contributed by atoms with van der Waals surface area (Å²) in [5, 5.41) is 3.26. The van der Waals surface area contributed by atoms with Crippen LogP contribution in [0.1, 0.15) is 43.6 Å². The molecule has 3 nitrogen and oxygen atoms in total. The minimum Gasteiger partial charge on any atom is -0.385 e. The summed E-state index contributed by atoms with van der Waals surface area (Å²) in [6.07, 6.45) is 0. The Morgan fingerprint density at radius 3 is 2.47 bits per heavy atom. The largest absolute Gasteiger partial charge is 0.385 e. The molecule has 1 N–H and O–H groups in total. The molecule has 1 aromatic rings. The summed E-state index contributed by atoms with van der Waals surface area (Å²) in [5.74, 6) is 0.530. The summed E-state index contributed by atoms with van der Waals surface area (Å²) in [7, 11) is 1.88. The molecule has 0 heterocycles. The van der Waals surface area contributed by atoms with Gasteiger partial charge in [0.2, 0.25) is 0 Å². The van der Waals surface area contributed by atoms with Gasteiger partial charge in [-0.05, 0) is 38.8 Å². The smallest absolute Gasteiger partial charge is 0.255 e. The Hall–Kier alpha value is -1.51. The minimum atomic E-state index is 0.0841. The highest BCUT2D eigenvalue weighted by Gasteiger charge is 2.22. The summed E-state index contributed by atoms with van der Waals surface area (Å²) < 4.78 is 0. The van der Waals surface area contributed by atoms with Gasteiger partial charge in [-0.1, -0.05) is 25.5 Å². The predicted molar refractivity (Wildman–Crippen MR) is 81.7 cm³/mol. The highest BCUT2D eigenvalue weighted by atomic mass is 16.2. The topological polar surface area (TPSA) is 32.3 Å². The second kappa shape index (κ2) is 6.60. The number of carbonyl (C=O) groups excluding carboxylic acids is 1. The van der Waals surface area contributed by atoms with Crippen LogP contribution in [0.25, 0.3) is 0 Å². The van der Waals surface area contributed by atoms with Crippen LogP contribution in [0.2, 0.25) is 0 Å². The first-order valence-corrected chi connectivity index (χ1v) is 7.00. The standard InChI is InChI=1S/C16H26N2O/c1-7-17-15-9-8-12(4)10-14(15)16(19)18(6)13(5)11(2)3/h8-11,13,17H,7H2,1-6H3.